The second-order valence-electron chi connectivity index (χ2n) is 4.59. The Bertz CT molecular complexity index is 535. The maximum absolute atomic E-state index is 11.4. The molecule has 5 nitrogen and oxygen atoms in total. The topological polar surface area (TPSA) is 47.4 Å². The summed E-state index contributed by atoms with van der Waals surface area (Å²) in [6, 6.07) is 10.00. The van der Waals surface area contributed by atoms with Gasteiger partial charge in [0.05, 0.1) is 18.8 Å². The number of hydrogen-bond donors (Lipinski definition) is 0. The first-order valence-corrected chi connectivity index (χ1v) is 6.62. The summed E-state index contributed by atoms with van der Waals surface area (Å²) in [5.41, 5.74) is 2.17. The summed E-state index contributed by atoms with van der Waals surface area (Å²) in [6.45, 7) is 3.24. The zero-order valence-electron chi connectivity index (χ0n) is 11.8. The van der Waals surface area contributed by atoms with Gasteiger partial charge in [0.15, 0.2) is 0 Å². The minimum Gasteiger partial charge on any atom is -0.465 e. The summed E-state index contributed by atoms with van der Waals surface area (Å²) < 4.78 is 6.74. The summed E-state index contributed by atoms with van der Waals surface area (Å²) in [4.78, 5) is 13.3. The molecule has 1 heterocycles. The van der Waals surface area contributed by atoms with Crippen LogP contribution in [0.15, 0.2) is 42.7 Å². The molecule has 0 aliphatic heterocycles. The minimum atomic E-state index is -0.192. The fourth-order valence-electron chi connectivity index (χ4n) is 1.97. The van der Waals surface area contributed by atoms with E-state index in [2.05, 4.69) is 5.10 Å². The van der Waals surface area contributed by atoms with Gasteiger partial charge < -0.3 is 4.74 Å². The Kier molecular flexibility index (Phi) is 4.90. The molecule has 0 bridgehead atoms. The Morgan fingerprint density at radius 2 is 2.10 bits per heavy atom. The molecule has 0 fully saturated rings. The third-order valence-electron chi connectivity index (χ3n) is 2.86. The van der Waals surface area contributed by atoms with E-state index in [0.717, 1.165) is 11.3 Å². The Labute approximate surface area is 118 Å². The van der Waals surface area contributed by atoms with Gasteiger partial charge in [0.25, 0.3) is 0 Å². The Morgan fingerprint density at radius 3 is 2.70 bits per heavy atom. The van der Waals surface area contributed by atoms with Crippen molar-refractivity contribution in [1.82, 2.24) is 14.7 Å². The molecule has 2 rings (SSSR count). The second kappa shape index (κ2) is 6.86. The van der Waals surface area contributed by atoms with Crippen molar-refractivity contribution in [3.8, 4) is 5.69 Å². The zero-order chi connectivity index (χ0) is 14.4. The van der Waals surface area contributed by atoms with Crippen molar-refractivity contribution in [2.75, 3.05) is 20.2 Å². The lowest BCUT2D eigenvalue weighted by Crippen LogP contribution is -2.26. The Balaban J connectivity index is 1.92. The number of likely N-dealkylation sites (N-methyl/N-ethyl adjacent to an activating group) is 1. The third-order valence-corrected chi connectivity index (χ3v) is 2.86. The Morgan fingerprint density at radius 1 is 1.35 bits per heavy atom. The van der Waals surface area contributed by atoms with Crippen molar-refractivity contribution in [1.29, 1.82) is 0 Å². The molecule has 0 saturated carbocycles. The van der Waals surface area contributed by atoms with Gasteiger partial charge >= 0.3 is 5.97 Å². The molecule has 0 aliphatic rings. The number of carbonyl (C=O) groups is 1. The first-order chi connectivity index (χ1) is 9.69. The molecule has 5 heteroatoms. The van der Waals surface area contributed by atoms with Crippen LogP contribution < -0.4 is 0 Å². The maximum Gasteiger partial charge on any atom is 0.320 e. The highest BCUT2D eigenvalue weighted by atomic mass is 16.5. The van der Waals surface area contributed by atoms with Crippen LogP contribution in [0.25, 0.3) is 5.69 Å². The van der Waals surface area contributed by atoms with Crippen LogP contribution in [-0.2, 0) is 16.1 Å². The lowest BCUT2D eigenvalue weighted by molar-refractivity contribution is -0.144. The molecule has 0 aliphatic carbocycles. The number of benzene rings is 1. The lowest BCUT2D eigenvalue weighted by atomic mass is 10.2. The van der Waals surface area contributed by atoms with E-state index in [-0.39, 0.29) is 5.97 Å². The number of carbonyl (C=O) groups excluding carboxylic acids is 1. The number of esters is 1. The second-order valence-corrected chi connectivity index (χ2v) is 4.59. The number of nitrogens with zero attached hydrogens (tertiary/aromatic N) is 3. The molecular formula is C15H19N3O2. The van der Waals surface area contributed by atoms with Crippen molar-refractivity contribution in [3.63, 3.8) is 0 Å². The van der Waals surface area contributed by atoms with E-state index in [9.17, 15) is 4.79 Å². The monoisotopic (exact) mass is 273 g/mol. The molecule has 0 N–H and O–H groups in total. The van der Waals surface area contributed by atoms with Gasteiger partial charge in [-0.15, -0.1) is 0 Å². The molecule has 20 heavy (non-hydrogen) atoms. The quantitative estimate of drug-likeness (QED) is 0.754. The number of aromatic nitrogens is 2. The van der Waals surface area contributed by atoms with Crippen LogP contribution in [0.5, 0.6) is 0 Å². The number of hydrogen-bond acceptors (Lipinski definition) is 4. The van der Waals surface area contributed by atoms with E-state index in [1.54, 1.807) is 6.20 Å². The first-order valence-electron chi connectivity index (χ1n) is 6.62. The molecule has 0 radical (unpaired) electrons. The van der Waals surface area contributed by atoms with E-state index in [1.807, 2.05) is 60.1 Å². The highest BCUT2D eigenvalue weighted by molar-refractivity contribution is 5.71. The van der Waals surface area contributed by atoms with Gasteiger partial charge in [-0.3, -0.25) is 9.69 Å². The van der Waals surface area contributed by atoms with E-state index < -0.39 is 0 Å². The molecule has 1 aromatic carbocycles. The predicted molar refractivity (Wildman–Crippen MR) is 76.5 cm³/mol. The van der Waals surface area contributed by atoms with E-state index in [4.69, 9.17) is 4.74 Å². The van der Waals surface area contributed by atoms with Gasteiger partial charge in [-0.25, -0.2) is 4.68 Å². The van der Waals surface area contributed by atoms with Crippen molar-refractivity contribution >= 4 is 5.97 Å². The van der Waals surface area contributed by atoms with Gasteiger partial charge in [-0.05, 0) is 37.7 Å². The summed E-state index contributed by atoms with van der Waals surface area (Å²) in [5, 5.41) is 4.18. The lowest BCUT2D eigenvalue weighted by Gasteiger charge is -2.15. The van der Waals surface area contributed by atoms with Crippen molar-refractivity contribution < 1.29 is 9.53 Å². The minimum absolute atomic E-state index is 0.192. The third kappa shape index (κ3) is 3.93. The van der Waals surface area contributed by atoms with Crippen LogP contribution in [0.3, 0.4) is 0 Å². The average Bonchev–Trinajstić information content (AvgIpc) is 2.93. The summed E-state index contributed by atoms with van der Waals surface area (Å²) in [7, 11) is 1.90. The van der Waals surface area contributed by atoms with Crippen LogP contribution >= 0.6 is 0 Å². The molecule has 1 aromatic heterocycles. The van der Waals surface area contributed by atoms with E-state index in [0.29, 0.717) is 19.7 Å². The molecule has 0 unspecified atom stereocenters. The van der Waals surface area contributed by atoms with Gasteiger partial charge in [-0.1, -0.05) is 12.1 Å². The van der Waals surface area contributed by atoms with Crippen molar-refractivity contribution in [2.45, 2.75) is 13.5 Å². The fraction of sp³-hybridized carbons (Fsp3) is 0.333. The Hall–Kier alpha value is -2.14. The molecular weight excluding hydrogens is 254 g/mol. The smallest absolute Gasteiger partial charge is 0.320 e. The molecule has 0 amide bonds. The van der Waals surface area contributed by atoms with Gasteiger partial charge in [-0.2, -0.15) is 5.10 Å². The standard InChI is InChI=1S/C15H19N3O2/c1-3-20-15(19)12-17(2)11-13-5-7-14(8-6-13)18-10-4-9-16-18/h4-10H,3,11-12H2,1-2H3. The highest BCUT2D eigenvalue weighted by Gasteiger charge is 2.07. The van der Waals surface area contributed by atoms with Crippen LogP contribution in [0, 0.1) is 0 Å². The van der Waals surface area contributed by atoms with Crippen molar-refractivity contribution in [2.24, 2.45) is 0 Å². The van der Waals surface area contributed by atoms with Crippen LogP contribution in [0.1, 0.15) is 12.5 Å². The van der Waals surface area contributed by atoms with Crippen LogP contribution in [-0.4, -0.2) is 40.8 Å². The molecule has 106 valence electrons. The SMILES string of the molecule is CCOC(=O)CN(C)Cc1ccc(-n2cccn2)cc1. The van der Waals surface area contributed by atoms with Crippen LogP contribution in [0.4, 0.5) is 0 Å². The normalized spacial score (nSPS) is 10.8. The summed E-state index contributed by atoms with van der Waals surface area (Å²) >= 11 is 0. The molecule has 0 atom stereocenters. The average molecular weight is 273 g/mol. The van der Waals surface area contributed by atoms with Crippen molar-refractivity contribution in [3.05, 3.63) is 48.3 Å². The van der Waals surface area contributed by atoms with E-state index in [1.165, 1.54) is 0 Å². The summed E-state index contributed by atoms with van der Waals surface area (Å²) in [5.74, 6) is -0.192. The predicted octanol–water partition coefficient (Wildman–Crippen LogP) is 1.87. The van der Waals surface area contributed by atoms with Gasteiger partial charge in [0.1, 0.15) is 0 Å². The number of rotatable bonds is 6. The largest absolute Gasteiger partial charge is 0.465 e. The zero-order valence-corrected chi connectivity index (χ0v) is 11.8. The van der Waals surface area contributed by atoms with Crippen LogP contribution in [0.2, 0.25) is 0 Å². The highest BCUT2D eigenvalue weighted by Crippen LogP contribution is 2.10. The fourth-order valence-corrected chi connectivity index (χ4v) is 1.97. The van der Waals surface area contributed by atoms with E-state index >= 15 is 0 Å². The number of ether oxygens (including phenoxy) is 1. The van der Waals surface area contributed by atoms with Gasteiger partial charge in [0, 0.05) is 18.9 Å². The summed E-state index contributed by atoms with van der Waals surface area (Å²) in [6.07, 6.45) is 3.66. The first kappa shape index (κ1) is 14.3. The van der Waals surface area contributed by atoms with Gasteiger partial charge in [0.2, 0.25) is 0 Å². The molecule has 0 spiro atoms. The molecule has 0 saturated heterocycles. The molecule has 2 aromatic rings. The maximum atomic E-state index is 11.4.